The van der Waals surface area contributed by atoms with Crippen molar-refractivity contribution < 1.29 is 0 Å². The minimum absolute atomic E-state index is 0.196. The SMILES string of the molecule is CC1(c2ccc3c(c2)C2(c4ccccc4-c4ccc(N(c5ccccc5)c5cccc(-n6c7ccccc7c7ccccc76)c5)cc42)c2cc(C4(C)CCCC4)ccc2-3)CCCC1. The molecule has 0 saturated heterocycles. The van der Waals surface area contributed by atoms with Gasteiger partial charge in [0, 0.05) is 33.5 Å². The Morgan fingerprint density at radius 2 is 0.857 bits per heavy atom. The first-order valence-corrected chi connectivity index (χ1v) is 23.4. The molecule has 63 heavy (non-hydrogen) atoms. The molecule has 1 aromatic heterocycles. The van der Waals surface area contributed by atoms with Crippen LogP contribution < -0.4 is 4.90 Å². The average molecular weight is 813 g/mol. The first-order valence-electron chi connectivity index (χ1n) is 23.4. The predicted octanol–water partition coefficient (Wildman–Crippen LogP) is 16.3. The summed E-state index contributed by atoms with van der Waals surface area (Å²) in [7, 11) is 0. The lowest BCUT2D eigenvalue weighted by molar-refractivity contribution is 0.489. The van der Waals surface area contributed by atoms with Gasteiger partial charge in [-0.2, -0.15) is 0 Å². The maximum absolute atomic E-state index is 2.67. The van der Waals surface area contributed by atoms with Gasteiger partial charge >= 0.3 is 0 Å². The zero-order valence-electron chi connectivity index (χ0n) is 36.4. The molecule has 0 bridgehead atoms. The Kier molecular flexibility index (Phi) is 8.03. The largest absolute Gasteiger partial charge is 0.310 e. The van der Waals surface area contributed by atoms with Crippen LogP contribution in [0.3, 0.4) is 0 Å². The van der Waals surface area contributed by atoms with Crippen LogP contribution in [0.2, 0.25) is 0 Å². The molecule has 2 nitrogen and oxygen atoms in total. The van der Waals surface area contributed by atoms with Crippen molar-refractivity contribution >= 4 is 38.9 Å². The summed E-state index contributed by atoms with van der Waals surface area (Å²) in [6.45, 7) is 5.05. The molecule has 2 fully saturated rings. The number of benzene rings is 8. The predicted molar refractivity (Wildman–Crippen MR) is 263 cm³/mol. The molecular formula is C61H52N2. The van der Waals surface area contributed by atoms with Crippen LogP contribution in [0.15, 0.2) is 182 Å². The Balaban J connectivity index is 1.06. The van der Waals surface area contributed by atoms with E-state index in [1.165, 1.54) is 134 Å². The van der Waals surface area contributed by atoms with Gasteiger partial charge in [-0.25, -0.2) is 0 Å². The fraction of sp³-hybridized carbons (Fsp3) is 0.213. The highest BCUT2D eigenvalue weighted by molar-refractivity contribution is 6.09. The molecule has 0 unspecified atom stereocenters. The standard InChI is InChI=1S/C61H52N2/c1-59(33-12-13-34-59)41-27-30-48-49-31-28-42(60(2)35-14-15-36-60)38-55(49)61(54(48)37-41)53-24-9-6-21-47(53)50-32-29-46(40-56(50)61)62(43-17-4-3-5-18-43)44-19-16-20-45(39-44)63-57-25-10-7-22-51(57)52-23-8-11-26-58(52)63/h3-11,16-32,37-40H,12-15,33-36H2,1-2H3. The molecule has 306 valence electrons. The molecule has 0 radical (unpaired) electrons. The number of hydrogen-bond acceptors (Lipinski definition) is 1. The number of aromatic nitrogens is 1. The van der Waals surface area contributed by atoms with Gasteiger partial charge in [-0.3, -0.25) is 0 Å². The Hall–Kier alpha value is -6.64. The molecule has 1 heterocycles. The zero-order valence-corrected chi connectivity index (χ0v) is 36.4. The van der Waals surface area contributed by atoms with Crippen LogP contribution >= 0.6 is 0 Å². The lowest BCUT2D eigenvalue weighted by atomic mass is 9.68. The second-order valence-corrected chi connectivity index (χ2v) is 19.6. The number of fused-ring (bicyclic) bond motifs is 13. The molecule has 4 aliphatic rings. The quantitative estimate of drug-likeness (QED) is 0.162. The number of hydrogen-bond donors (Lipinski definition) is 0. The summed E-state index contributed by atoms with van der Waals surface area (Å²) in [5.41, 5.74) is 21.2. The average Bonchev–Trinajstić information content (AvgIpc) is 4.16. The Morgan fingerprint density at radius 3 is 1.48 bits per heavy atom. The van der Waals surface area contributed by atoms with E-state index in [1.54, 1.807) is 0 Å². The third-order valence-electron chi connectivity index (χ3n) is 16.2. The Bertz CT molecular complexity index is 3160. The van der Waals surface area contributed by atoms with E-state index in [0.717, 1.165) is 17.1 Å². The van der Waals surface area contributed by atoms with E-state index >= 15 is 0 Å². The zero-order chi connectivity index (χ0) is 41.9. The van der Waals surface area contributed by atoms with Crippen LogP contribution in [0.25, 0.3) is 49.7 Å². The van der Waals surface area contributed by atoms with Crippen LogP contribution in [0, 0.1) is 0 Å². The monoisotopic (exact) mass is 812 g/mol. The number of para-hydroxylation sites is 3. The molecule has 9 aromatic rings. The topological polar surface area (TPSA) is 8.17 Å². The van der Waals surface area contributed by atoms with Crippen molar-refractivity contribution in [1.82, 2.24) is 4.57 Å². The molecule has 1 spiro atoms. The van der Waals surface area contributed by atoms with Crippen molar-refractivity contribution in [1.29, 1.82) is 0 Å². The second-order valence-electron chi connectivity index (χ2n) is 19.6. The van der Waals surface area contributed by atoms with E-state index in [2.05, 4.69) is 205 Å². The summed E-state index contributed by atoms with van der Waals surface area (Å²) in [6.07, 6.45) is 10.3. The lowest BCUT2D eigenvalue weighted by Crippen LogP contribution is -2.28. The third-order valence-corrected chi connectivity index (χ3v) is 16.2. The van der Waals surface area contributed by atoms with E-state index < -0.39 is 5.41 Å². The molecule has 0 amide bonds. The van der Waals surface area contributed by atoms with E-state index in [-0.39, 0.29) is 10.8 Å². The highest BCUT2D eigenvalue weighted by atomic mass is 15.1. The molecule has 0 atom stereocenters. The number of nitrogens with zero attached hydrogens (tertiary/aromatic N) is 2. The van der Waals surface area contributed by atoms with E-state index in [1.807, 2.05) is 0 Å². The van der Waals surface area contributed by atoms with Gasteiger partial charge in [-0.05, 0) is 147 Å². The maximum atomic E-state index is 2.67. The van der Waals surface area contributed by atoms with Gasteiger partial charge in [0.1, 0.15) is 0 Å². The fourth-order valence-corrected chi connectivity index (χ4v) is 12.9. The van der Waals surface area contributed by atoms with Crippen molar-refractivity contribution in [2.75, 3.05) is 4.90 Å². The second kappa shape index (κ2) is 13.7. The van der Waals surface area contributed by atoms with Crippen molar-refractivity contribution in [3.05, 3.63) is 215 Å². The highest BCUT2D eigenvalue weighted by Gasteiger charge is 2.53. The minimum atomic E-state index is -0.449. The van der Waals surface area contributed by atoms with Gasteiger partial charge in [0.2, 0.25) is 0 Å². The van der Waals surface area contributed by atoms with E-state index in [9.17, 15) is 0 Å². The van der Waals surface area contributed by atoms with Crippen molar-refractivity contribution in [2.24, 2.45) is 0 Å². The molecule has 8 aromatic carbocycles. The number of rotatable bonds is 6. The smallest absolute Gasteiger partial charge is 0.0726 e. The minimum Gasteiger partial charge on any atom is -0.310 e. The summed E-state index contributed by atoms with van der Waals surface area (Å²) >= 11 is 0. The van der Waals surface area contributed by atoms with Crippen molar-refractivity contribution in [3.8, 4) is 27.9 Å². The molecule has 4 aliphatic carbocycles. The first kappa shape index (κ1) is 37.0. The normalized spacial score (nSPS) is 17.2. The third kappa shape index (κ3) is 5.24. The van der Waals surface area contributed by atoms with Gasteiger partial charge in [0.05, 0.1) is 16.4 Å². The van der Waals surface area contributed by atoms with Crippen LogP contribution in [-0.2, 0) is 16.2 Å². The first-order chi connectivity index (χ1) is 30.9. The van der Waals surface area contributed by atoms with Crippen molar-refractivity contribution in [2.45, 2.75) is 81.5 Å². The van der Waals surface area contributed by atoms with Gasteiger partial charge in [0.15, 0.2) is 0 Å². The van der Waals surface area contributed by atoms with Crippen LogP contribution in [0.4, 0.5) is 17.1 Å². The van der Waals surface area contributed by atoms with E-state index in [0.29, 0.717) is 0 Å². The van der Waals surface area contributed by atoms with E-state index in [4.69, 9.17) is 0 Å². The highest BCUT2D eigenvalue weighted by Crippen LogP contribution is 2.64. The summed E-state index contributed by atoms with van der Waals surface area (Å²) in [5.74, 6) is 0. The van der Waals surface area contributed by atoms with Gasteiger partial charge in [0.25, 0.3) is 0 Å². The molecular weight excluding hydrogens is 761 g/mol. The van der Waals surface area contributed by atoms with Crippen molar-refractivity contribution in [3.63, 3.8) is 0 Å². The Morgan fingerprint density at radius 1 is 0.381 bits per heavy atom. The summed E-state index contributed by atoms with van der Waals surface area (Å²) in [4.78, 5) is 2.48. The lowest BCUT2D eigenvalue weighted by Gasteiger charge is -2.34. The fourth-order valence-electron chi connectivity index (χ4n) is 12.9. The molecule has 0 N–H and O–H groups in total. The summed E-state index contributed by atoms with van der Waals surface area (Å²) in [5, 5.41) is 2.54. The maximum Gasteiger partial charge on any atom is 0.0726 e. The van der Waals surface area contributed by atoms with Gasteiger partial charge in [-0.15, -0.1) is 0 Å². The Labute approximate surface area is 371 Å². The van der Waals surface area contributed by atoms with Gasteiger partial charge in [-0.1, -0.05) is 167 Å². The molecule has 13 rings (SSSR count). The molecule has 2 heteroatoms. The van der Waals surface area contributed by atoms with Crippen LogP contribution in [0.5, 0.6) is 0 Å². The van der Waals surface area contributed by atoms with Crippen LogP contribution in [0.1, 0.15) is 98.6 Å². The molecule has 2 saturated carbocycles. The van der Waals surface area contributed by atoms with Gasteiger partial charge < -0.3 is 9.47 Å². The van der Waals surface area contributed by atoms with Crippen LogP contribution in [-0.4, -0.2) is 4.57 Å². The summed E-state index contributed by atoms with van der Waals surface area (Å²) < 4.78 is 2.43. The molecule has 0 aliphatic heterocycles. The number of anilines is 3. The summed E-state index contributed by atoms with van der Waals surface area (Å²) in [6, 6.07) is 69.8.